The zero-order chi connectivity index (χ0) is 112. The number of esters is 3. The van der Waals surface area contributed by atoms with Gasteiger partial charge in [-0.1, -0.05) is 126 Å². The molecule has 0 aliphatic carbocycles. The van der Waals surface area contributed by atoms with Gasteiger partial charge < -0.3 is 75.8 Å². The van der Waals surface area contributed by atoms with Crippen LogP contribution in [0.15, 0.2) is 72.8 Å². The predicted molar refractivity (Wildman–Crippen MR) is 616 cm³/mol. The Balaban J connectivity index is 0.000000427. The predicted octanol–water partition coefficient (Wildman–Crippen LogP) is 15.6. The number of ether oxygens (including phenoxy) is 4. The molecule has 149 heavy (non-hydrogen) atoms. The molecule has 3 aromatic rings. The van der Waals surface area contributed by atoms with E-state index in [1.165, 1.54) is 78.6 Å². The molecule has 9 heterocycles. The SMILES string of the molecule is CC(C)(C)CC1CCC(=O)O1.CC(C)(C)CCNCc1ccc(O)cc1.CC(C)(C)CCNCc1cccc(O)c1.CC(C)(C)CCNCc1ccccc1O.CC(C)(C)N1CCC(N2CCC(O)CC2=O)CC1.CC(C)(C)N1CCN(CCN2CCOCC2)CC1.CC(C)(C)N1CCNCC1.CN(C)C(=O)CN1CCN(C(C)(C)C)CC1.COC(=O)CN1CCN(C(C)(C)C)CC1.COC(=O)CNC1CCN(C(C)(C)C)CC1. The number of likely N-dealkylation sites (N-methyl/N-ethyl adjacent to an activating group) is 1. The van der Waals surface area contributed by atoms with Crippen LogP contribution in [0.5, 0.6) is 17.2 Å². The van der Waals surface area contributed by atoms with Crippen molar-refractivity contribution >= 4 is 29.7 Å². The van der Waals surface area contributed by atoms with Crippen LogP contribution < -0.4 is 26.6 Å². The van der Waals surface area contributed by atoms with Gasteiger partial charge in [0.05, 0.1) is 59.6 Å². The van der Waals surface area contributed by atoms with E-state index < -0.39 is 6.10 Å². The van der Waals surface area contributed by atoms with E-state index in [0.29, 0.717) is 89.1 Å². The number of para-hydroxylation sites is 1. The summed E-state index contributed by atoms with van der Waals surface area (Å²) in [5.74, 6) is 1.03. The third-order valence-corrected chi connectivity index (χ3v) is 28.6. The van der Waals surface area contributed by atoms with Crippen LogP contribution in [-0.4, -0.2) is 411 Å². The quantitative estimate of drug-likeness (QED) is 0.0229. The Morgan fingerprint density at radius 1 is 0.423 bits per heavy atom. The Bertz CT molecular complexity index is 4080. The van der Waals surface area contributed by atoms with E-state index in [1.54, 1.807) is 35.2 Å². The Morgan fingerprint density at radius 3 is 1.23 bits per heavy atom. The number of morpholine rings is 1. The van der Waals surface area contributed by atoms with Crippen molar-refractivity contribution in [1.82, 2.24) is 85.4 Å². The highest BCUT2D eigenvalue weighted by atomic mass is 16.6. The number of nitrogens with zero attached hydrogens (tertiary/aromatic N) is 12. The maximum Gasteiger partial charge on any atom is 0.319 e. The molecule has 30 nitrogen and oxygen atoms in total. The number of nitrogens with one attached hydrogen (secondary N) is 5. The summed E-state index contributed by atoms with van der Waals surface area (Å²) >= 11 is 0. The molecular formula is C119H223N17O13. The number of carbonyl (C=O) groups excluding carboxylic acids is 5. The van der Waals surface area contributed by atoms with Crippen LogP contribution in [-0.2, 0) is 62.6 Å². The first kappa shape index (κ1) is 137. The summed E-state index contributed by atoms with van der Waals surface area (Å²) in [5, 5.41) is 54.1. The maximum atomic E-state index is 11.9. The average molecular weight is 2100 g/mol. The zero-order valence-corrected chi connectivity index (χ0v) is 101. The lowest BCUT2D eigenvalue weighted by atomic mass is 9.88. The number of methoxy groups -OCH3 is 2. The number of hydrogen-bond acceptors (Lipinski definition) is 28. The van der Waals surface area contributed by atoms with E-state index in [-0.39, 0.29) is 63.4 Å². The Kier molecular flexibility index (Phi) is 62.1. The Morgan fingerprint density at radius 2 is 0.832 bits per heavy atom. The van der Waals surface area contributed by atoms with Crippen LogP contribution in [0.3, 0.4) is 0 Å². The van der Waals surface area contributed by atoms with Gasteiger partial charge in [0.15, 0.2) is 0 Å². The first-order valence-electron chi connectivity index (χ1n) is 56.5. The summed E-state index contributed by atoms with van der Waals surface area (Å²) in [4.78, 5) is 84.5. The van der Waals surface area contributed by atoms with Gasteiger partial charge in [0.1, 0.15) is 23.4 Å². The number of aromatic hydroxyl groups is 3. The van der Waals surface area contributed by atoms with Gasteiger partial charge in [0.2, 0.25) is 11.8 Å². The average Bonchev–Trinajstić information content (AvgIpc) is 0.955. The van der Waals surface area contributed by atoms with E-state index in [4.69, 9.17) is 14.6 Å². The number of rotatable bonds is 24. The summed E-state index contributed by atoms with van der Waals surface area (Å²) in [7, 11) is 6.49. The fourth-order valence-corrected chi connectivity index (χ4v) is 18.4. The molecule has 2 amide bonds. The van der Waals surface area contributed by atoms with Crippen molar-refractivity contribution in [3.05, 3.63) is 89.5 Å². The van der Waals surface area contributed by atoms with E-state index >= 15 is 0 Å². The second kappa shape index (κ2) is 67.6. The number of piperazine rings is 4. The van der Waals surface area contributed by atoms with Crippen molar-refractivity contribution in [2.75, 3.05) is 244 Å². The van der Waals surface area contributed by atoms with Crippen molar-refractivity contribution in [2.45, 2.75) is 362 Å². The molecular weight excluding hydrogens is 1880 g/mol. The first-order valence-corrected chi connectivity index (χ1v) is 56.5. The van der Waals surface area contributed by atoms with Crippen molar-refractivity contribution in [3.8, 4) is 17.2 Å². The van der Waals surface area contributed by atoms with Gasteiger partial charge >= 0.3 is 17.9 Å². The molecule has 0 saturated carbocycles. The van der Waals surface area contributed by atoms with Gasteiger partial charge in [-0.15, -0.1) is 0 Å². The van der Waals surface area contributed by atoms with Crippen molar-refractivity contribution in [3.63, 3.8) is 0 Å². The number of benzene rings is 3. The summed E-state index contributed by atoms with van der Waals surface area (Å²) in [6, 6.07) is 23.0. The van der Waals surface area contributed by atoms with Gasteiger partial charge in [-0.2, -0.15) is 0 Å². The fourth-order valence-electron chi connectivity index (χ4n) is 18.4. The lowest BCUT2D eigenvalue weighted by Crippen LogP contribution is -2.54. The van der Waals surface area contributed by atoms with E-state index in [0.717, 1.165) is 233 Å². The van der Waals surface area contributed by atoms with Gasteiger partial charge in [-0.3, -0.25) is 73.0 Å². The summed E-state index contributed by atoms with van der Waals surface area (Å²) in [5.41, 5.74) is 6.37. The Hall–Kier alpha value is -6.27. The number of amides is 2. The topological polar surface area (TPSA) is 302 Å². The largest absolute Gasteiger partial charge is 0.508 e. The first-order chi connectivity index (χ1) is 69.1. The molecule has 0 aromatic heterocycles. The highest BCUT2D eigenvalue weighted by molar-refractivity contribution is 5.78. The number of phenols is 3. The monoisotopic (exact) mass is 2100 g/mol. The van der Waals surface area contributed by atoms with Gasteiger partial charge in [0.25, 0.3) is 0 Å². The minimum atomic E-state index is -0.414. The normalized spacial score (nSPS) is 19.8. The lowest BCUT2D eigenvalue weighted by Gasteiger charge is -2.45. The van der Waals surface area contributed by atoms with Crippen LogP contribution in [0.1, 0.15) is 301 Å². The summed E-state index contributed by atoms with van der Waals surface area (Å²) in [6.07, 6.45) is 11.2. The van der Waals surface area contributed by atoms with Crippen LogP contribution in [0.4, 0.5) is 0 Å². The standard InChI is InChI=1S/C14H29N3O.C14H26N2O2.3C13H21NO.C12H25N3O.C12H24N2O2.C11H22N2O2.C9H16O2.C8H18N2/c1-14(2,3)17-8-6-15(7-9-17)4-5-16-10-12-18-13-11-16;1-14(2,3)15-7-4-11(5-8-15)16-9-6-12(17)10-13(16)18;1-13(2,3)8-9-14-10-11-4-6-12(15)7-5-11;1-13(2,3)7-8-14-10-11-5-4-6-12(15)9-11;1-13(2,3)8-9-14-10-11-6-4-5-7-12(11)15;1-12(2,3)15-8-6-14(7-9-15)10-11(16)13(4)5;1-12(2,3)14-7-5-10(6-8-14)13-9-11(15)16-4;1-11(2,3)13-7-5-12(6-8-13)9-10(14)15-4;1-9(2,3)6-7-4-5-8(10)11-7;1-8(2,3)10-6-4-9-5-7-10/h4-13H2,1-3H3;11-12,17H,4-10H2,1-3H3;4-7,14-15H,8-10H2,1-3H3;4-6,9,14-15H,7-8,10H2,1-3H3;4-7,14-15H,8-10H2,1-3H3;6-10H2,1-5H3;10,13H,5-9H2,1-4H3;5-9H2,1-4H3;7H,4-6H2,1-3H3;9H,4-7H2,1-3H3. The minimum absolute atomic E-state index is 0.0285. The van der Waals surface area contributed by atoms with Crippen molar-refractivity contribution in [2.24, 2.45) is 21.7 Å². The lowest BCUT2D eigenvalue weighted by molar-refractivity contribution is -0.143. The van der Waals surface area contributed by atoms with Gasteiger partial charge in [-0.25, -0.2) is 0 Å². The van der Waals surface area contributed by atoms with Crippen LogP contribution in [0, 0.1) is 21.7 Å². The summed E-state index contributed by atoms with van der Waals surface area (Å²) in [6.45, 7) is 103. The number of phenolic OH excluding ortho intramolecular Hbond substituents is 3. The molecule has 9 fully saturated rings. The molecule has 3 aromatic carbocycles. The highest BCUT2D eigenvalue weighted by Crippen LogP contribution is 2.31. The molecule has 9 N–H and O–H groups in total. The van der Waals surface area contributed by atoms with E-state index in [1.807, 2.05) is 61.5 Å². The molecule has 2 unspecified atom stereocenters. The molecule has 2 atom stereocenters. The molecule has 9 saturated heterocycles. The molecule has 0 bridgehead atoms. The number of likely N-dealkylation sites (tertiary alicyclic amines) is 3. The highest BCUT2D eigenvalue weighted by Gasteiger charge is 2.37. The van der Waals surface area contributed by atoms with E-state index in [2.05, 4.69) is 293 Å². The molecule has 0 spiro atoms. The molecule has 0 radical (unpaired) electrons. The third-order valence-electron chi connectivity index (χ3n) is 28.6. The van der Waals surface area contributed by atoms with Crippen molar-refractivity contribution < 1.29 is 63.3 Å². The van der Waals surface area contributed by atoms with Gasteiger partial charge in [0, 0.05) is 255 Å². The fraction of sp³-hybridized carbons (Fsp3) is 0.807. The minimum Gasteiger partial charge on any atom is -0.508 e. The van der Waals surface area contributed by atoms with Crippen LogP contribution in [0.25, 0.3) is 0 Å². The molecule has 9 aliphatic rings. The van der Waals surface area contributed by atoms with Crippen LogP contribution >= 0.6 is 0 Å². The van der Waals surface area contributed by atoms with E-state index in [9.17, 15) is 39.3 Å². The molecule has 9 aliphatic heterocycles. The summed E-state index contributed by atoms with van der Waals surface area (Å²) < 4.78 is 19.7. The number of carbonyl (C=O) groups is 5. The molecule has 12 rings (SSSR count). The smallest absolute Gasteiger partial charge is 0.319 e. The number of aliphatic hydroxyl groups is 1. The number of aliphatic hydroxyl groups excluding tert-OH is 1. The third kappa shape index (κ3) is 64.1. The second-order valence-corrected chi connectivity index (χ2v) is 52.9. The van der Waals surface area contributed by atoms with Crippen molar-refractivity contribution in [1.29, 1.82) is 0 Å². The second-order valence-electron chi connectivity index (χ2n) is 52.9. The zero-order valence-electron chi connectivity index (χ0n) is 101. The number of piperidine rings is 3. The maximum absolute atomic E-state index is 11.9. The van der Waals surface area contributed by atoms with Gasteiger partial charge in [-0.05, 0) is 272 Å². The Labute approximate surface area is 908 Å². The number of hydrogen-bond donors (Lipinski definition) is 9. The van der Waals surface area contributed by atoms with Crippen LogP contribution in [0.2, 0.25) is 0 Å². The number of cyclic esters (lactones) is 1. The molecule has 862 valence electrons. The molecule has 30 heteroatoms.